The maximum Gasteiger partial charge on any atom is 0.00960 e. The van der Waals surface area contributed by atoms with Crippen molar-refractivity contribution in [3.05, 3.63) is 0 Å². The predicted octanol–water partition coefficient (Wildman–Crippen LogP) is 2.26. The van der Waals surface area contributed by atoms with Crippen molar-refractivity contribution in [3.8, 4) is 0 Å². The third kappa shape index (κ3) is 0.971. The SMILES string of the molecule is CC(C)C(N)C1C2C3CCC(C3)C21. The standard InChI is InChI=1S/C12H21N/c1-6(2)12(13)11-9-7-3-4-8(5-7)10(9)11/h6-12H,3-5,13H2,1-2H3. The molecule has 0 aromatic rings. The Labute approximate surface area is 81.1 Å². The molecule has 3 fully saturated rings. The molecular formula is C12H21N. The zero-order valence-electron chi connectivity index (χ0n) is 8.74. The Balaban J connectivity index is 1.72. The Hall–Kier alpha value is -0.0400. The molecule has 1 heteroatoms. The smallest absolute Gasteiger partial charge is 0.00960 e. The molecule has 0 aromatic carbocycles. The predicted molar refractivity (Wildman–Crippen MR) is 54.1 cm³/mol. The molecule has 74 valence electrons. The second kappa shape index (κ2) is 2.50. The van der Waals surface area contributed by atoms with Crippen LogP contribution < -0.4 is 5.73 Å². The van der Waals surface area contributed by atoms with Crippen LogP contribution in [0.5, 0.6) is 0 Å². The molecule has 3 aliphatic rings. The zero-order chi connectivity index (χ0) is 9.16. The van der Waals surface area contributed by atoms with Gasteiger partial charge in [-0.1, -0.05) is 13.8 Å². The lowest BCUT2D eigenvalue weighted by molar-refractivity contribution is 0.354. The Kier molecular flexibility index (Phi) is 1.59. The minimum absolute atomic E-state index is 0.499. The van der Waals surface area contributed by atoms with Gasteiger partial charge in [0.25, 0.3) is 0 Å². The molecule has 3 aliphatic carbocycles. The van der Waals surface area contributed by atoms with Gasteiger partial charge < -0.3 is 5.73 Å². The molecule has 0 aliphatic heterocycles. The Morgan fingerprint density at radius 2 is 1.62 bits per heavy atom. The maximum atomic E-state index is 6.26. The van der Waals surface area contributed by atoms with Gasteiger partial charge in [0.1, 0.15) is 0 Å². The summed E-state index contributed by atoms with van der Waals surface area (Å²) in [6.07, 6.45) is 4.59. The summed E-state index contributed by atoms with van der Waals surface area (Å²) in [5, 5.41) is 0. The van der Waals surface area contributed by atoms with Gasteiger partial charge in [0.05, 0.1) is 0 Å². The fraction of sp³-hybridized carbons (Fsp3) is 1.00. The van der Waals surface area contributed by atoms with Crippen LogP contribution in [0, 0.1) is 35.5 Å². The summed E-state index contributed by atoms with van der Waals surface area (Å²) < 4.78 is 0. The summed E-state index contributed by atoms with van der Waals surface area (Å²) in [4.78, 5) is 0. The normalized spacial score (nSPS) is 54.0. The van der Waals surface area contributed by atoms with Gasteiger partial charge in [0.15, 0.2) is 0 Å². The second-order valence-corrected chi connectivity index (χ2v) is 5.89. The molecule has 5 atom stereocenters. The highest BCUT2D eigenvalue weighted by atomic mass is 14.8. The van der Waals surface area contributed by atoms with Gasteiger partial charge in [-0.2, -0.15) is 0 Å². The van der Waals surface area contributed by atoms with Crippen molar-refractivity contribution in [2.45, 2.75) is 39.2 Å². The maximum absolute atomic E-state index is 6.26. The molecule has 0 aromatic heterocycles. The first-order valence-electron chi connectivity index (χ1n) is 5.95. The average Bonchev–Trinajstić information content (AvgIpc) is 2.52. The van der Waals surface area contributed by atoms with Gasteiger partial charge in [-0.25, -0.2) is 0 Å². The van der Waals surface area contributed by atoms with E-state index in [4.69, 9.17) is 5.73 Å². The van der Waals surface area contributed by atoms with E-state index in [1.807, 2.05) is 0 Å². The lowest BCUT2D eigenvalue weighted by atomic mass is 9.92. The first-order valence-corrected chi connectivity index (χ1v) is 5.95. The van der Waals surface area contributed by atoms with Crippen LogP contribution in [-0.4, -0.2) is 6.04 Å². The van der Waals surface area contributed by atoms with Crippen LogP contribution in [0.2, 0.25) is 0 Å². The van der Waals surface area contributed by atoms with Crippen molar-refractivity contribution in [2.75, 3.05) is 0 Å². The molecule has 3 rings (SSSR count). The van der Waals surface area contributed by atoms with E-state index in [1.165, 1.54) is 12.8 Å². The molecule has 0 radical (unpaired) electrons. The van der Waals surface area contributed by atoms with Crippen molar-refractivity contribution in [1.29, 1.82) is 0 Å². The Bertz CT molecular complexity index is 207. The number of hydrogen-bond donors (Lipinski definition) is 1. The largest absolute Gasteiger partial charge is 0.327 e. The Morgan fingerprint density at radius 1 is 1.08 bits per heavy atom. The quantitative estimate of drug-likeness (QED) is 0.691. The van der Waals surface area contributed by atoms with Crippen molar-refractivity contribution in [2.24, 2.45) is 41.2 Å². The van der Waals surface area contributed by atoms with Gasteiger partial charge in [-0.05, 0) is 54.8 Å². The van der Waals surface area contributed by atoms with Gasteiger partial charge in [-0.15, -0.1) is 0 Å². The van der Waals surface area contributed by atoms with Crippen molar-refractivity contribution >= 4 is 0 Å². The molecule has 1 nitrogen and oxygen atoms in total. The fourth-order valence-corrected chi connectivity index (χ4v) is 4.35. The molecule has 0 amide bonds. The van der Waals surface area contributed by atoms with Crippen LogP contribution in [0.15, 0.2) is 0 Å². The molecule has 0 heterocycles. The van der Waals surface area contributed by atoms with E-state index in [1.54, 1.807) is 6.42 Å². The first kappa shape index (κ1) is 8.28. The van der Waals surface area contributed by atoms with E-state index in [2.05, 4.69) is 13.8 Å². The summed E-state index contributed by atoms with van der Waals surface area (Å²) >= 11 is 0. The zero-order valence-corrected chi connectivity index (χ0v) is 8.74. The molecule has 0 saturated heterocycles. The van der Waals surface area contributed by atoms with Crippen LogP contribution in [0.25, 0.3) is 0 Å². The van der Waals surface area contributed by atoms with Crippen molar-refractivity contribution < 1.29 is 0 Å². The lowest BCUT2D eigenvalue weighted by Crippen LogP contribution is -2.31. The molecule has 13 heavy (non-hydrogen) atoms. The molecule has 5 unspecified atom stereocenters. The van der Waals surface area contributed by atoms with Crippen LogP contribution >= 0.6 is 0 Å². The summed E-state index contributed by atoms with van der Waals surface area (Å²) in [7, 11) is 0. The van der Waals surface area contributed by atoms with Crippen LogP contribution in [-0.2, 0) is 0 Å². The number of hydrogen-bond acceptors (Lipinski definition) is 1. The summed E-state index contributed by atoms with van der Waals surface area (Å²) in [6.45, 7) is 4.56. The molecule has 0 spiro atoms. The first-order chi connectivity index (χ1) is 6.20. The highest BCUT2D eigenvalue weighted by Crippen LogP contribution is 2.70. The summed E-state index contributed by atoms with van der Waals surface area (Å²) in [6, 6.07) is 0.499. The van der Waals surface area contributed by atoms with Crippen molar-refractivity contribution in [3.63, 3.8) is 0 Å². The van der Waals surface area contributed by atoms with Gasteiger partial charge >= 0.3 is 0 Å². The fourth-order valence-electron chi connectivity index (χ4n) is 4.35. The van der Waals surface area contributed by atoms with Crippen LogP contribution in [0.1, 0.15) is 33.1 Å². The highest BCUT2D eigenvalue weighted by molar-refractivity contribution is 5.15. The third-order valence-electron chi connectivity index (χ3n) is 5.01. The minimum atomic E-state index is 0.499. The molecular weight excluding hydrogens is 158 g/mol. The average molecular weight is 179 g/mol. The monoisotopic (exact) mass is 179 g/mol. The Morgan fingerprint density at radius 3 is 2.08 bits per heavy atom. The highest BCUT2D eigenvalue weighted by Gasteiger charge is 2.66. The second-order valence-electron chi connectivity index (χ2n) is 5.89. The molecule has 2 N–H and O–H groups in total. The van der Waals surface area contributed by atoms with E-state index in [0.717, 1.165) is 29.6 Å². The lowest BCUT2D eigenvalue weighted by Gasteiger charge is -2.19. The van der Waals surface area contributed by atoms with Gasteiger partial charge in [0, 0.05) is 6.04 Å². The van der Waals surface area contributed by atoms with E-state index in [-0.39, 0.29) is 0 Å². The number of rotatable bonds is 2. The van der Waals surface area contributed by atoms with Crippen LogP contribution in [0.4, 0.5) is 0 Å². The van der Waals surface area contributed by atoms with E-state index < -0.39 is 0 Å². The minimum Gasteiger partial charge on any atom is -0.327 e. The molecule has 2 bridgehead atoms. The van der Waals surface area contributed by atoms with Gasteiger partial charge in [0.2, 0.25) is 0 Å². The number of nitrogens with two attached hydrogens (primary N) is 1. The van der Waals surface area contributed by atoms with E-state index in [9.17, 15) is 0 Å². The molecule has 3 saturated carbocycles. The summed E-state index contributed by atoms with van der Waals surface area (Å²) in [5.74, 6) is 5.92. The topological polar surface area (TPSA) is 26.0 Å². The van der Waals surface area contributed by atoms with E-state index >= 15 is 0 Å². The van der Waals surface area contributed by atoms with E-state index in [0.29, 0.717) is 12.0 Å². The number of fused-ring (bicyclic) bond motifs is 5. The third-order valence-corrected chi connectivity index (χ3v) is 5.01. The summed E-state index contributed by atoms with van der Waals surface area (Å²) in [5.41, 5.74) is 6.26. The van der Waals surface area contributed by atoms with Crippen LogP contribution in [0.3, 0.4) is 0 Å². The van der Waals surface area contributed by atoms with Gasteiger partial charge in [-0.3, -0.25) is 0 Å². The van der Waals surface area contributed by atoms with Crippen molar-refractivity contribution in [1.82, 2.24) is 0 Å².